The highest BCUT2D eigenvalue weighted by Gasteiger charge is 2.27. The predicted molar refractivity (Wildman–Crippen MR) is 72.0 cm³/mol. The third kappa shape index (κ3) is 1.99. The topological polar surface area (TPSA) is 33.7 Å². The molecule has 4 nitrogen and oxygen atoms in total. The molecule has 0 bridgehead atoms. The molecule has 0 radical (unpaired) electrons. The van der Waals surface area contributed by atoms with Gasteiger partial charge < -0.3 is 19.7 Å². The van der Waals surface area contributed by atoms with Crippen LogP contribution in [0.4, 0.5) is 5.69 Å². The molecule has 0 aromatic heterocycles. The van der Waals surface area contributed by atoms with Gasteiger partial charge in [-0.05, 0) is 18.6 Å². The highest BCUT2D eigenvalue weighted by atomic mass is 35.5. The van der Waals surface area contributed by atoms with Crippen molar-refractivity contribution in [1.82, 2.24) is 5.32 Å². The summed E-state index contributed by atoms with van der Waals surface area (Å²) in [6.45, 7) is 5.90. The maximum atomic E-state index is 6.40. The van der Waals surface area contributed by atoms with E-state index in [1.54, 1.807) is 0 Å². The van der Waals surface area contributed by atoms with E-state index >= 15 is 0 Å². The van der Waals surface area contributed by atoms with E-state index < -0.39 is 0 Å². The number of ether oxygens (including phenoxy) is 2. The zero-order chi connectivity index (χ0) is 12.5. The highest BCUT2D eigenvalue weighted by molar-refractivity contribution is 6.22. The van der Waals surface area contributed by atoms with Gasteiger partial charge in [-0.3, -0.25) is 0 Å². The molecule has 1 fully saturated rings. The average Bonchev–Trinajstić information content (AvgIpc) is 2.40. The Morgan fingerprint density at radius 3 is 3.00 bits per heavy atom. The normalized spacial score (nSPS) is 23.0. The largest absolute Gasteiger partial charge is 0.486 e. The quantitative estimate of drug-likeness (QED) is 0.621. The van der Waals surface area contributed by atoms with Crippen molar-refractivity contribution in [2.45, 2.75) is 12.4 Å². The summed E-state index contributed by atoms with van der Waals surface area (Å²) >= 11 is 6.40. The number of nitrogens with one attached hydrogen (secondary N) is 1. The summed E-state index contributed by atoms with van der Waals surface area (Å²) in [5.74, 6) is 1.66. The van der Waals surface area contributed by atoms with E-state index in [9.17, 15) is 0 Å². The lowest BCUT2D eigenvalue weighted by atomic mass is 10.1. The molecule has 0 amide bonds. The monoisotopic (exact) mass is 268 g/mol. The van der Waals surface area contributed by atoms with Crippen LogP contribution in [0, 0.1) is 6.92 Å². The Bertz CT molecular complexity index is 453. The zero-order valence-corrected chi connectivity index (χ0v) is 11.2. The Labute approximate surface area is 112 Å². The number of piperazine rings is 1. The Morgan fingerprint density at radius 1 is 1.33 bits per heavy atom. The van der Waals surface area contributed by atoms with Crippen LogP contribution in [0.3, 0.4) is 0 Å². The first-order chi connectivity index (χ1) is 8.77. The number of benzene rings is 1. The van der Waals surface area contributed by atoms with Crippen molar-refractivity contribution in [2.75, 3.05) is 37.7 Å². The Balaban J connectivity index is 2.04. The molecule has 1 aromatic rings. The van der Waals surface area contributed by atoms with Gasteiger partial charge in [0, 0.05) is 19.6 Å². The van der Waals surface area contributed by atoms with Crippen molar-refractivity contribution < 1.29 is 9.47 Å². The van der Waals surface area contributed by atoms with Crippen LogP contribution in [0.25, 0.3) is 0 Å². The molecule has 1 aromatic carbocycles. The summed E-state index contributed by atoms with van der Waals surface area (Å²) in [6.07, 6.45) is 0. The molecule has 1 N–H and O–H groups in total. The van der Waals surface area contributed by atoms with Crippen molar-refractivity contribution in [2.24, 2.45) is 0 Å². The molecular weight excluding hydrogens is 252 g/mol. The van der Waals surface area contributed by atoms with E-state index in [1.807, 2.05) is 6.07 Å². The number of anilines is 1. The summed E-state index contributed by atoms with van der Waals surface area (Å²) in [4.78, 5) is 2.20. The summed E-state index contributed by atoms with van der Waals surface area (Å²) in [5, 5.41) is 3.29. The van der Waals surface area contributed by atoms with Crippen LogP contribution in [0.5, 0.6) is 11.5 Å². The van der Waals surface area contributed by atoms with Gasteiger partial charge in [0.25, 0.3) is 0 Å². The van der Waals surface area contributed by atoms with Gasteiger partial charge in [-0.1, -0.05) is 17.7 Å². The summed E-state index contributed by atoms with van der Waals surface area (Å²) in [7, 11) is 0. The molecule has 0 aliphatic carbocycles. The van der Waals surface area contributed by atoms with Crippen LogP contribution < -0.4 is 19.7 Å². The molecule has 98 valence electrons. The number of nitrogens with zero attached hydrogens (tertiary/aromatic N) is 1. The molecule has 1 saturated heterocycles. The van der Waals surface area contributed by atoms with E-state index in [2.05, 4.69) is 23.2 Å². The lowest BCUT2D eigenvalue weighted by Crippen LogP contribution is -2.49. The molecule has 0 saturated carbocycles. The second-order valence-electron chi connectivity index (χ2n) is 4.59. The molecule has 2 heterocycles. The van der Waals surface area contributed by atoms with E-state index in [-0.39, 0.29) is 5.50 Å². The number of aryl methyl sites for hydroxylation is 1. The number of fused-ring (bicyclic) bond motifs is 1. The molecule has 3 rings (SSSR count). The van der Waals surface area contributed by atoms with Crippen molar-refractivity contribution in [3.8, 4) is 11.5 Å². The molecule has 18 heavy (non-hydrogen) atoms. The van der Waals surface area contributed by atoms with E-state index in [1.165, 1.54) is 5.56 Å². The number of halogens is 1. The second kappa shape index (κ2) is 4.86. The SMILES string of the molecule is Cc1ccc2c(c1N1CCNCC1Cl)OCCO2. The Hall–Kier alpha value is -1.13. The second-order valence-corrected chi connectivity index (χ2v) is 5.09. The maximum absolute atomic E-state index is 6.40. The summed E-state index contributed by atoms with van der Waals surface area (Å²) in [5.41, 5.74) is 2.20. The van der Waals surface area contributed by atoms with Gasteiger partial charge in [-0.2, -0.15) is 0 Å². The lowest BCUT2D eigenvalue weighted by molar-refractivity contribution is 0.171. The van der Waals surface area contributed by atoms with Crippen LogP contribution >= 0.6 is 11.6 Å². The first-order valence-corrected chi connectivity index (χ1v) is 6.71. The third-order valence-electron chi connectivity index (χ3n) is 3.35. The van der Waals surface area contributed by atoms with Crippen LogP contribution in [0.1, 0.15) is 5.56 Å². The van der Waals surface area contributed by atoms with Crippen LogP contribution in [0.2, 0.25) is 0 Å². The fraction of sp³-hybridized carbons (Fsp3) is 0.538. The van der Waals surface area contributed by atoms with E-state index in [4.69, 9.17) is 21.1 Å². The average molecular weight is 269 g/mol. The molecule has 0 spiro atoms. The first kappa shape index (κ1) is 11.9. The third-order valence-corrected chi connectivity index (χ3v) is 3.74. The standard InChI is InChI=1S/C13H17ClN2O2/c1-9-2-3-10-13(18-7-6-17-10)12(9)16-5-4-15-8-11(16)14/h2-3,11,15H,4-8H2,1H3. The zero-order valence-electron chi connectivity index (χ0n) is 10.4. The first-order valence-electron chi connectivity index (χ1n) is 6.28. The van der Waals surface area contributed by atoms with Crippen molar-refractivity contribution in [3.05, 3.63) is 17.7 Å². The van der Waals surface area contributed by atoms with E-state index in [0.717, 1.165) is 36.8 Å². The van der Waals surface area contributed by atoms with Crippen molar-refractivity contribution >= 4 is 17.3 Å². The highest BCUT2D eigenvalue weighted by Crippen LogP contribution is 2.43. The van der Waals surface area contributed by atoms with E-state index in [0.29, 0.717) is 13.2 Å². The fourth-order valence-electron chi connectivity index (χ4n) is 2.48. The molecule has 5 heteroatoms. The molecule has 1 atom stereocenters. The van der Waals surface area contributed by atoms with Gasteiger partial charge in [-0.15, -0.1) is 0 Å². The number of rotatable bonds is 1. The van der Waals surface area contributed by atoms with Gasteiger partial charge in [0.05, 0.1) is 5.69 Å². The van der Waals surface area contributed by atoms with Crippen molar-refractivity contribution in [3.63, 3.8) is 0 Å². The van der Waals surface area contributed by atoms with Crippen molar-refractivity contribution in [1.29, 1.82) is 0 Å². The van der Waals surface area contributed by atoms with Gasteiger partial charge >= 0.3 is 0 Å². The van der Waals surface area contributed by atoms with Gasteiger partial charge in [0.15, 0.2) is 11.5 Å². The van der Waals surface area contributed by atoms with Gasteiger partial charge in [-0.25, -0.2) is 0 Å². The fourth-order valence-corrected chi connectivity index (χ4v) is 2.78. The molecule has 2 aliphatic rings. The Kier molecular flexibility index (Phi) is 3.22. The molecule has 2 aliphatic heterocycles. The number of alkyl halides is 1. The lowest BCUT2D eigenvalue weighted by Gasteiger charge is -2.37. The summed E-state index contributed by atoms with van der Waals surface area (Å²) in [6, 6.07) is 4.03. The Morgan fingerprint density at radius 2 is 2.17 bits per heavy atom. The number of hydrogen-bond donors (Lipinski definition) is 1. The van der Waals surface area contributed by atoms with Gasteiger partial charge in [0.2, 0.25) is 0 Å². The minimum absolute atomic E-state index is 0.0468. The molecular formula is C13H17ClN2O2. The van der Waals surface area contributed by atoms with Crippen LogP contribution in [0.15, 0.2) is 12.1 Å². The minimum atomic E-state index is -0.0468. The minimum Gasteiger partial charge on any atom is -0.486 e. The maximum Gasteiger partial charge on any atom is 0.184 e. The van der Waals surface area contributed by atoms with Crippen LogP contribution in [-0.2, 0) is 0 Å². The number of hydrogen-bond acceptors (Lipinski definition) is 4. The molecule has 1 unspecified atom stereocenters. The summed E-state index contributed by atoms with van der Waals surface area (Å²) < 4.78 is 11.4. The van der Waals surface area contributed by atoms with Gasteiger partial charge in [0.1, 0.15) is 18.7 Å². The predicted octanol–water partition coefficient (Wildman–Crippen LogP) is 1.74. The smallest absolute Gasteiger partial charge is 0.184 e. The van der Waals surface area contributed by atoms with Crippen LogP contribution in [-0.4, -0.2) is 38.3 Å².